The Balaban J connectivity index is 1.79. The lowest BCUT2D eigenvalue weighted by atomic mass is 10.1. The van der Waals surface area contributed by atoms with Gasteiger partial charge in [0.1, 0.15) is 0 Å². The van der Waals surface area contributed by atoms with Crippen molar-refractivity contribution in [3.05, 3.63) is 48.3 Å². The lowest BCUT2D eigenvalue weighted by Gasteiger charge is -2.28. The van der Waals surface area contributed by atoms with Crippen LogP contribution < -0.4 is 10.6 Å². The van der Waals surface area contributed by atoms with Crippen molar-refractivity contribution in [3.8, 4) is 11.4 Å². The van der Waals surface area contributed by atoms with Crippen LogP contribution in [0.25, 0.3) is 22.2 Å². The molecule has 4 rings (SSSR count). The van der Waals surface area contributed by atoms with Gasteiger partial charge in [0, 0.05) is 18.7 Å². The van der Waals surface area contributed by atoms with Crippen LogP contribution in [0, 0.1) is 0 Å². The highest BCUT2D eigenvalue weighted by molar-refractivity contribution is 6.66. The van der Waals surface area contributed by atoms with Crippen LogP contribution in [0.3, 0.4) is 0 Å². The Bertz CT molecular complexity index is 922. The second kappa shape index (κ2) is 6.57. The van der Waals surface area contributed by atoms with Gasteiger partial charge in [-0.25, -0.2) is 4.98 Å². The summed E-state index contributed by atoms with van der Waals surface area (Å²) in [5.41, 5.74) is 0.839. The molecule has 0 bridgehead atoms. The molecule has 8 heteroatoms. The minimum Gasteiger partial charge on any atom is -0.349 e. The molecule has 0 spiro atoms. The summed E-state index contributed by atoms with van der Waals surface area (Å²) in [4.78, 5) is 13.1. The molecule has 1 aromatic heterocycles. The van der Waals surface area contributed by atoms with Gasteiger partial charge in [-0.15, -0.1) is 0 Å². The zero-order chi connectivity index (χ0) is 17.4. The Hall–Kier alpha value is -1.66. The van der Waals surface area contributed by atoms with Gasteiger partial charge in [0.05, 0.1) is 6.04 Å². The third-order valence-corrected chi connectivity index (χ3v) is 4.52. The molecule has 0 saturated carbocycles. The van der Waals surface area contributed by atoms with Crippen LogP contribution in [0.5, 0.6) is 0 Å². The van der Waals surface area contributed by atoms with E-state index in [0.717, 1.165) is 29.4 Å². The zero-order valence-electron chi connectivity index (χ0n) is 13.0. The molecule has 0 aliphatic carbocycles. The van der Waals surface area contributed by atoms with E-state index in [0.29, 0.717) is 11.8 Å². The quantitative estimate of drug-likeness (QED) is 0.660. The molecular weight excluding hydrogens is 381 g/mol. The highest BCUT2D eigenvalue weighted by Crippen LogP contribution is 2.37. The van der Waals surface area contributed by atoms with Gasteiger partial charge < -0.3 is 10.6 Å². The molecule has 128 valence electrons. The zero-order valence-corrected chi connectivity index (χ0v) is 15.3. The van der Waals surface area contributed by atoms with E-state index in [1.54, 1.807) is 0 Å². The van der Waals surface area contributed by atoms with Crippen LogP contribution in [0.1, 0.15) is 5.82 Å². The average Bonchev–Trinajstić information content (AvgIpc) is 2.57. The Morgan fingerprint density at radius 1 is 0.960 bits per heavy atom. The first kappa shape index (κ1) is 16.8. The van der Waals surface area contributed by atoms with Crippen LogP contribution in [0.4, 0.5) is 5.95 Å². The summed E-state index contributed by atoms with van der Waals surface area (Å²) in [6.45, 7) is 1.69. The lowest BCUT2D eigenvalue weighted by molar-refractivity contribution is 0.469. The van der Waals surface area contributed by atoms with E-state index < -0.39 is 3.79 Å². The minimum absolute atomic E-state index is 0.102. The van der Waals surface area contributed by atoms with Gasteiger partial charge in [-0.2, -0.15) is 9.97 Å². The molecule has 0 radical (unpaired) electrons. The van der Waals surface area contributed by atoms with E-state index in [1.165, 1.54) is 0 Å². The summed E-state index contributed by atoms with van der Waals surface area (Å²) >= 11 is 18.0. The third-order valence-electron chi connectivity index (χ3n) is 4.01. The van der Waals surface area contributed by atoms with Gasteiger partial charge in [-0.3, -0.25) is 0 Å². The monoisotopic (exact) mass is 393 g/mol. The van der Waals surface area contributed by atoms with Crippen molar-refractivity contribution < 1.29 is 0 Å². The summed E-state index contributed by atoms with van der Waals surface area (Å²) in [6, 6.07) is 14.3. The Morgan fingerprint density at radius 2 is 1.72 bits per heavy atom. The molecule has 2 heterocycles. The lowest BCUT2D eigenvalue weighted by Crippen LogP contribution is -2.51. The van der Waals surface area contributed by atoms with E-state index >= 15 is 0 Å². The van der Waals surface area contributed by atoms with Gasteiger partial charge in [0.15, 0.2) is 11.6 Å². The highest BCUT2D eigenvalue weighted by atomic mass is 35.6. The molecule has 3 aromatic rings. The topological polar surface area (TPSA) is 62.7 Å². The molecule has 2 N–H and O–H groups in total. The van der Waals surface area contributed by atoms with Crippen LogP contribution in [-0.2, 0) is 3.79 Å². The van der Waals surface area contributed by atoms with E-state index in [4.69, 9.17) is 34.8 Å². The second-order valence-corrected chi connectivity index (χ2v) is 8.15. The number of anilines is 1. The summed E-state index contributed by atoms with van der Waals surface area (Å²) in [5.74, 6) is 0.980. The number of halogens is 3. The maximum absolute atomic E-state index is 6.01. The predicted octanol–water partition coefficient (Wildman–Crippen LogP) is 3.90. The van der Waals surface area contributed by atoms with Gasteiger partial charge in [0.2, 0.25) is 9.74 Å². The van der Waals surface area contributed by atoms with Crippen LogP contribution in [-0.4, -0.2) is 34.1 Å². The second-order valence-electron chi connectivity index (χ2n) is 5.87. The average molecular weight is 395 g/mol. The van der Waals surface area contributed by atoms with Crippen molar-refractivity contribution in [3.63, 3.8) is 0 Å². The summed E-state index contributed by atoms with van der Waals surface area (Å²) in [6.07, 6.45) is 0. The number of alkyl halides is 3. The van der Waals surface area contributed by atoms with Gasteiger partial charge >= 0.3 is 0 Å². The van der Waals surface area contributed by atoms with Crippen molar-refractivity contribution in [2.75, 3.05) is 18.4 Å². The third kappa shape index (κ3) is 3.65. The Kier molecular flexibility index (Phi) is 4.41. The van der Waals surface area contributed by atoms with E-state index in [2.05, 4.69) is 31.7 Å². The van der Waals surface area contributed by atoms with Gasteiger partial charge in [0.25, 0.3) is 0 Å². The maximum Gasteiger partial charge on any atom is 0.250 e. The normalized spacial score (nSPS) is 15.2. The number of rotatable bonds is 3. The molecule has 1 aliphatic rings. The number of benzene rings is 2. The highest BCUT2D eigenvalue weighted by Gasteiger charge is 2.29. The Morgan fingerprint density at radius 3 is 2.40 bits per heavy atom. The SMILES string of the molecule is ClC(Cl)(Cl)c1nc(NC2CNC2)nc(-c2ccc3ccccc3c2)n1. The molecular formula is C17H14Cl3N5. The van der Waals surface area contributed by atoms with Crippen molar-refractivity contribution in [2.24, 2.45) is 0 Å². The summed E-state index contributed by atoms with van der Waals surface area (Å²) in [7, 11) is 0. The van der Waals surface area contributed by atoms with Crippen molar-refractivity contribution >= 4 is 51.5 Å². The molecule has 1 aliphatic heterocycles. The fraction of sp³-hybridized carbons (Fsp3) is 0.235. The minimum atomic E-state index is -1.72. The molecule has 2 aromatic carbocycles. The van der Waals surface area contributed by atoms with Gasteiger partial charge in [-0.1, -0.05) is 71.2 Å². The van der Waals surface area contributed by atoms with Gasteiger partial charge in [-0.05, 0) is 16.8 Å². The predicted molar refractivity (Wildman–Crippen MR) is 102 cm³/mol. The molecule has 25 heavy (non-hydrogen) atoms. The van der Waals surface area contributed by atoms with Crippen LogP contribution >= 0.6 is 34.8 Å². The van der Waals surface area contributed by atoms with Crippen LogP contribution in [0.2, 0.25) is 0 Å². The standard InChI is InChI=1S/C17H14Cl3N5/c18-17(19,20)15-23-14(24-16(25-15)22-13-8-21-9-13)12-6-5-10-3-1-2-4-11(10)7-12/h1-7,13,21H,8-9H2,(H,22,23,24,25). The van der Waals surface area contributed by atoms with Crippen molar-refractivity contribution in [2.45, 2.75) is 9.83 Å². The number of fused-ring (bicyclic) bond motifs is 1. The summed E-state index contributed by atoms with van der Waals surface area (Å²) in [5, 5.41) is 8.65. The van der Waals surface area contributed by atoms with E-state index in [9.17, 15) is 0 Å². The Labute approximate surface area is 159 Å². The first-order valence-electron chi connectivity index (χ1n) is 7.79. The molecule has 0 atom stereocenters. The molecule has 1 saturated heterocycles. The fourth-order valence-corrected chi connectivity index (χ4v) is 2.85. The van der Waals surface area contributed by atoms with E-state index in [-0.39, 0.29) is 11.9 Å². The summed E-state index contributed by atoms with van der Waals surface area (Å²) < 4.78 is -1.72. The number of hydrogen-bond acceptors (Lipinski definition) is 5. The number of nitrogens with zero attached hydrogens (tertiary/aromatic N) is 3. The first-order valence-corrected chi connectivity index (χ1v) is 8.92. The largest absolute Gasteiger partial charge is 0.349 e. The molecule has 0 unspecified atom stereocenters. The van der Waals surface area contributed by atoms with Crippen molar-refractivity contribution in [1.29, 1.82) is 0 Å². The molecule has 0 amide bonds. The van der Waals surface area contributed by atoms with Crippen molar-refractivity contribution in [1.82, 2.24) is 20.3 Å². The fourth-order valence-electron chi connectivity index (χ4n) is 2.60. The first-order chi connectivity index (χ1) is 12.0. The number of nitrogens with one attached hydrogen (secondary N) is 2. The molecule has 5 nitrogen and oxygen atoms in total. The number of hydrogen-bond donors (Lipinski definition) is 2. The number of aromatic nitrogens is 3. The molecule has 1 fully saturated rings. The van der Waals surface area contributed by atoms with Crippen LogP contribution in [0.15, 0.2) is 42.5 Å². The maximum atomic E-state index is 6.01. The smallest absolute Gasteiger partial charge is 0.250 e. The van der Waals surface area contributed by atoms with E-state index in [1.807, 2.05) is 36.4 Å².